The van der Waals surface area contributed by atoms with Crippen molar-refractivity contribution < 1.29 is 4.79 Å². The predicted molar refractivity (Wildman–Crippen MR) is 57.2 cm³/mol. The Morgan fingerprint density at radius 2 is 2.21 bits per heavy atom. The van der Waals surface area contributed by atoms with Gasteiger partial charge in [0.15, 0.2) is 0 Å². The Kier molecular flexibility index (Phi) is 4.90. The SMILES string of the molecule is CNCCN1CCCCC1C(=O)NC. The lowest BCUT2D eigenvalue weighted by molar-refractivity contribution is -0.127. The monoisotopic (exact) mass is 199 g/mol. The molecule has 1 heterocycles. The highest BCUT2D eigenvalue weighted by atomic mass is 16.2. The van der Waals surface area contributed by atoms with Crippen molar-refractivity contribution in [2.45, 2.75) is 25.3 Å². The summed E-state index contributed by atoms with van der Waals surface area (Å²) in [5.41, 5.74) is 0. The molecule has 0 spiro atoms. The molecule has 1 aliphatic heterocycles. The zero-order valence-electron chi connectivity index (χ0n) is 9.18. The zero-order valence-corrected chi connectivity index (χ0v) is 9.18. The first kappa shape index (κ1) is 11.5. The van der Waals surface area contributed by atoms with Crippen molar-refractivity contribution in [3.05, 3.63) is 0 Å². The molecule has 0 saturated carbocycles. The lowest BCUT2D eigenvalue weighted by atomic mass is 10.0. The van der Waals surface area contributed by atoms with E-state index in [1.165, 1.54) is 12.8 Å². The number of amides is 1. The predicted octanol–water partition coefficient (Wildman–Crippen LogP) is -0.194. The molecule has 1 unspecified atom stereocenters. The molecule has 4 nitrogen and oxygen atoms in total. The van der Waals surface area contributed by atoms with Gasteiger partial charge in [0.05, 0.1) is 6.04 Å². The topological polar surface area (TPSA) is 44.4 Å². The van der Waals surface area contributed by atoms with Crippen LogP contribution in [-0.4, -0.2) is 50.6 Å². The fourth-order valence-corrected chi connectivity index (χ4v) is 1.98. The summed E-state index contributed by atoms with van der Waals surface area (Å²) in [6.07, 6.45) is 3.40. The minimum Gasteiger partial charge on any atom is -0.358 e. The molecule has 0 bridgehead atoms. The van der Waals surface area contributed by atoms with Crippen LogP contribution >= 0.6 is 0 Å². The first-order valence-electron chi connectivity index (χ1n) is 5.40. The van der Waals surface area contributed by atoms with Gasteiger partial charge in [-0.3, -0.25) is 9.69 Å². The summed E-state index contributed by atoms with van der Waals surface area (Å²) in [7, 11) is 3.66. The van der Waals surface area contributed by atoms with Gasteiger partial charge in [0.1, 0.15) is 0 Å². The first-order chi connectivity index (χ1) is 6.79. The molecule has 1 saturated heterocycles. The van der Waals surface area contributed by atoms with Crippen molar-refractivity contribution in [2.24, 2.45) is 0 Å². The van der Waals surface area contributed by atoms with Crippen molar-refractivity contribution in [2.75, 3.05) is 33.7 Å². The van der Waals surface area contributed by atoms with E-state index in [9.17, 15) is 4.79 Å². The summed E-state index contributed by atoms with van der Waals surface area (Å²) < 4.78 is 0. The van der Waals surface area contributed by atoms with Crippen LogP contribution in [0.2, 0.25) is 0 Å². The highest BCUT2D eigenvalue weighted by molar-refractivity contribution is 5.81. The highest BCUT2D eigenvalue weighted by Crippen LogP contribution is 2.16. The molecule has 0 aromatic carbocycles. The van der Waals surface area contributed by atoms with Crippen LogP contribution in [0.1, 0.15) is 19.3 Å². The van der Waals surface area contributed by atoms with Crippen molar-refractivity contribution in [1.82, 2.24) is 15.5 Å². The van der Waals surface area contributed by atoms with Crippen LogP contribution in [0.3, 0.4) is 0 Å². The second-order valence-corrected chi connectivity index (χ2v) is 3.77. The van der Waals surface area contributed by atoms with Crippen molar-refractivity contribution >= 4 is 5.91 Å². The average molecular weight is 199 g/mol. The number of nitrogens with zero attached hydrogens (tertiary/aromatic N) is 1. The van der Waals surface area contributed by atoms with Crippen LogP contribution in [0.25, 0.3) is 0 Å². The lowest BCUT2D eigenvalue weighted by Gasteiger charge is -2.34. The molecule has 4 heteroatoms. The number of hydrogen-bond donors (Lipinski definition) is 2. The standard InChI is InChI=1S/C10H21N3O/c1-11-6-8-13-7-4-3-5-9(13)10(14)12-2/h9,11H,3-8H2,1-2H3,(H,12,14). The van der Waals surface area contributed by atoms with E-state index in [4.69, 9.17) is 0 Å². The Balaban J connectivity index is 2.45. The summed E-state index contributed by atoms with van der Waals surface area (Å²) in [5.74, 6) is 0.167. The number of carbonyl (C=O) groups is 1. The number of hydrogen-bond acceptors (Lipinski definition) is 3. The van der Waals surface area contributed by atoms with Gasteiger partial charge in [-0.05, 0) is 26.4 Å². The molecule has 0 aliphatic carbocycles. The first-order valence-corrected chi connectivity index (χ1v) is 5.40. The second kappa shape index (κ2) is 5.98. The van der Waals surface area contributed by atoms with Gasteiger partial charge in [0, 0.05) is 20.1 Å². The highest BCUT2D eigenvalue weighted by Gasteiger charge is 2.26. The van der Waals surface area contributed by atoms with Crippen molar-refractivity contribution in [3.63, 3.8) is 0 Å². The molecule has 1 amide bonds. The van der Waals surface area contributed by atoms with Gasteiger partial charge in [0.25, 0.3) is 0 Å². The van der Waals surface area contributed by atoms with Crippen molar-refractivity contribution in [1.29, 1.82) is 0 Å². The van der Waals surface area contributed by atoms with Gasteiger partial charge in [-0.15, -0.1) is 0 Å². The number of carbonyl (C=O) groups excluding carboxylic acids is 1. The fourth-order valence-electron chi connectivity index (χ4n) is 1.98. The van der Waals surface area contributed by atoms with Gasteiger partial charge >= 0.3 is 0 Å². The van der Waals surface area contributed by atoms with E-state index in [0.29, 0.717) is 0 Å². The van der Waals surface area contributed by atoms with E-state index in [-0.39, 0.29) is 11.9 Å². The van der Waals surface area contributed by atoms with Gasteiger partial charge < -0.3 is 10.6 Å². The number of nitrogens with one attached hydrogen (secondary N) is 2. The van der Waals surface area contributed by atoms with Crippen LogP contribution < -0.4 is 10.6 Å². The van der Waals surface area contributed by atoms with Gasteiger partial charge in [-0.25, -0.2) is 0 Å². The van der Waals surface area contributed by atoms with Crippen LogP contribution in [-0.2, 0) is 4.79 Å². The second-order valence-electron chi connectivity index (χ2n) is 3.77. The molecule has 1 fully saturated rings. The van der Waals surface area contributed by atoms with Gasteiger partial charge in [0.2, 0.25) is 5.91 Å². The minimum absolute atomic E-state index is 0.0992. The molecular weight excluding hydrogens is 178 g/mol. The lowest BCUT2D eigenvalue weighted by Crippen LogP contribution is -2.50. The maximum Gasteiger partial charge on any atom is 0.237 e. The van der Waals surface area contributed by atoms with E-state index in [2.05, 4.69) is 15.5 Å². The Labute approximate surface area is 86.0 Å². The summed E-state index contributed by atoms with van der Waals surface area (Å²) in [5, 5.41) is 5.86. The third-order valence-corrected chi connectivity index (χ3v) is 2.81. The molecule has 1 atom stereocenters. The molecule has 0 aromatic rings. The summed E-state index contributed by atoms with van der Waals surface area (Å²) in [6, 6.07) is 0.0992. The molecule has 0 aromatic heterocycles. The number of rotatable bonds is 4. The van der Waals surface area contributed by atoms with E-state index in [0.717, 1.165) is 26.1 Å². The average Bonchev–Trinajstić information content (AvgIpc) is 2.25. The molecule has 0 radical (unpaired) electrons. The molecule has 2 N–H and O–H groups in total. The number of likely N-dealkylation sites (tertiary alicyclic amines) is 1. The maximum atomic E-state index is 11.6. The van der Waals surface area contributed by atoms with E-state index in [1.807, 2.05) is 7.05 Å². The van der Waals surface area contributed by atoms with E-state index < -0.39 is 0 Å². The minimum atomic E-state index is 0.0992. The zero-order chi connectivity index (χ0) is 10.4. The van der Waals surface area contributed by atoms with Gasteiger partial charge in [-0.1, -0.05) is 6.42 Å². The van der Waals surface area contributed by atoms with Gasteiger partial charge in [-0.2, -0.15) is 0 Å². The summed E-state index contributed by atoms with van der Waals surface area (Å²) in [6.45, 7) is 2.97. The molecule has 1 rings (SSSR count). The Bertz CT molecular complexity index is 184. The Hall–Kier alpha value is -0.610. The molecule has 82 valence electrons. The number of piperidine rings is 1. The third-order valence-electron chi connectivity index (χ3n) is 2.81. The summed E-state index contributed by atoms with van der Waals surface area (Å²) >= 11 is 0. The van der Waals surface area contributed by atoms with Crippen LogP contribution in [0.5, 0.6) is 0 Å². The largest absolute Gasteiger partial charge is 0.358 e. The fraction of sp³-hybridized carbons (Fsp3) is 0.900. The maximum absolute atomic E-state index is 11.6. The Morgan fingerprint density at radius 3 is 2.86 bits per heavy atom. The van der Waals surface area contributed by atoms with Crippen LogP contribution in [0.15, 0.2) is 0 Å². The normalized spacial score (nSPS) is 23.4. The summed E-state index contributed by atoms with van der Waals surface area (Å²) in [4.78, 5) is 13.8. The molecule has 1 aliphatic rings. The Morgan fingerprint density at radius 1 is 1.43 bits per heavy atom. The quantitative estimate of drug-likeness (QED) is 0.659. The third kappa shape index (κ3) is 2.96. The molecule has 14 heavy (non-hydrogen) atoms. The molecular formula is C10H21N3O. The smallest absolute Gasteiger partial charge is 0.237 e. The van der Waals surface area contributed by atoms with E-state index >= 15 is 0 Å². The van der Waals surface area contributed by atoms with E-state index in [1.54, 1.807) is 7.05 Å². The van der Waals surface area contributed by atoms with Crippen LogP contribution in [0, 0.1) is 0 Å². The van der Waals surface area contributed by atoms with Crippen LogP contribution in [0.4, 0.5) is 0 Å². The number of likely N-dealkylation sites (N-methyl/N-ethyl adjacent to an activating group) is 2. The van der Waals surface area contributed by atoms with Crippen molar-refractivity contribution in [3.8, 4) is 0 Å².